The molecule has 0 aromatic rings. The van der Waals surface area contributed by atoms with Gasteiger partial charge in [-0.2, -0.15) is 0 Å². The minimum absolute atomic E-state index is 0.0162. The van der Waals surface area contributed by atoms with Crippen LogP contribution >= 0.6 is 0 Å². The monoisotopic (exact) mass is 152 g/mol. The molecular formula is C9H12O2. The third kappa shape index (κ3) is 1.06. The summed E-state index contributed by atoms with van der Waals surface area (Å²) in [7, 11) is 0. The molecule has 0 bridgehead atoms. The molecule has 60 valence electrons. The van der Waals surface area contributed by atoms with Crippen LogP contribution in [0.25, 0.3) is 0 Å². The molecule has 0 aromatic carbocycles. The molecule has 0 N–H and O–H groups in total. The quantitative estimate of drug-likeness (QED) is 0.388. The lowest BCUT2D eigenvalue weighted by Crippen LogP contribution is -2.18. The number of carbonyl (C=O) groups excluding carboxylic acids is 1. The van der Waals surface area contributed by atoms with Gasteiger partial charge in [-0.05, 0) is 19.8 Å². The van der Waals surface area contributed by atoms with E-state index in [9.17, 15) is 4.79 Å². The van der Waals surface area contributed by atoms with Gasteiger partial charge in [0.15, 0.2) is 0 Å². The molecular weight excluding hydrogens is 140 g/mol. The van der Waals surface area contributed by atoms with Crippen LogP contribution in [0.5, 0.6) is 0 Å². The first kappa shape index (κ1) is 6.89. The number of fused-ring (bicyclic) bond motifs is 1. The highest BCUT2D eigenvalue weighted by Gasteiger charge is 2.37. The van der Waals surface area contributed by atoms with Crippen molar-refractivity contribution >= 4 is 5.97 Å². The Labute approximate surface area is 66.2 Å². The molecule has 0 unspecified atom stereocenters. The maximum Gasteiger partial charge on any atom is 0.309 e. The highest BCUT2D eigenvalue weighted by molar-refractivity contribution is 5.75. The van der Waals surface area contributed by atoms with Crippen molar-refractivity contribution in [2.24, 2.45) is 11.8 Å². The molecule has 1 aliphatic carbocycles. The first-order chi connectivity index (χ1) is 5.27. The molecule has 0 saturated carbocycles. The van der Waals surface area contributed by atoms with Crippen LogP contribution < -0.4 is 0 Å². The maximum atomic E-state index is 11.1. The number of esters is 1. The van der Waals surface area contributed by atoms with Gasteiger partial charge in [0.2, 0.25) is 0 Å². The molecule has 0 radical (unpaired) electrons. The number of allylic oxidation sites excluding steroid dienone is 2. The lowest BCUT2D eigenvalue weighted by atomic mass is 9.82. The second kappa shape index (κ2) is 2.36. The molecule has 1 saturated heterocycles. The van der Waals surface area contributed by atoms with E-state index in [2.05, 4.69) is 13.0 Å². The summed E-state index contributed by atoms with van der Waals surface area (Å²) in [4.78, 5) is 11.1. The second-order valence-corrected chi connectivity index (χ2v) is 3.49. The van der Waals surface area contributed by atoms with Crippen LogP contribution in [-0.2, 0) is 9.53 Å². The molecule has 1 fully saturated rings. The molecule has 0 spiro atoms. The number of hydrogen-bond acceptors (Lipinski definition) is 2. The molecule has 1 aliphatic heterocycles. The van der Waals surface area contributed by atoms with Crippen molar-refractivity contribution in [3.63, 3.8) is 0 Å². The largest absolute Gasteiger partial charge is 0.465 e. The first-order valence-electron chi connectivity index (χ1n) is 4.09. The fourth-order valence-corrected chi connectivity index (χ4v) is 1.87. The van der Waals surface area contributed by atoms with Gasteiger partial charge >= 0.3 is 5.97 Å². The maximum absolute atomic E-state index is 11.1. The summed E-state index contributed by atoms with van der Waals surface area (Å²) in [6, 6.07) is 0. The van der Waals surface area contributed by atoms with Crippen LogP contribution in [-0.4, -0.2) is 12.6 Å². The SMILES string of the molecule is CC1=CC[C@H]2COC(=O)[C@H]2C1. The van der Waals surface area contributed by atoms with Crippen LogP contribution in [0.3, 0.4) is 0 Å². The van der Waals surface area contributed by atoms with Gasteiger partial charge in [0.05, 0.1) is 12.5 Å². The Hall–Kier alpha value is -0.790. The molecule has 1 heterocycles. The zero-order chi connectivity index (χ0) is 7.84. The number of ether oxygens (including phenoxy) is 1. The van der Waals surface area contributed by atoms with E-state index in [-0.39, 0.29) is 11.9 Å². The van der Waals surface area contributed by atoms with Crippen LogP contribution in [0.2, 0.25) is 0 Å². The van der Waals surface area contributed by atoms with Gasteiger partial charge in [0.25, 0.3) is 0 Å². The third-order valence-corrected chi connectivity index (χ3v) is 2.62. The van der Waals surface area contributed by atoms with Crippen LogP contribution in [0.15, 0.2) is 11.6 Å². The molecule has 11 heavy (non-hydrogen) atoms. The Kier molecular flexibility index (Phi) is 1.48. The van der Waals surface area contributed by atoms with Gasteiger partial charge in [0, 0.05) is 5.92 Å². The highest BCUT2D eigenvalue weighted by Crippen LogP contribution is 2.34. The molecule has 0 amide bonds. The predicted molar refractivity (Wildman–Crippen MR) is 40.9 cm³/mol. The van der Waals surface area contributed by atoms with Gasteiger partial charge in [-0.25, -0.2) is 0 Å². The summed E-state index contributed by atoms with van der Waals surface area (Å²) in [6.45, 7) is 2.73. The Morgan fingerprint density at radius 2 is 2.45 bits per heavy atom. The Morgan fingerprint density at radius 3 is 3.27 bits per heavy atom. The zero-order valence-corrected chi connectivity index (χ0v) is 6.67. The number of rotatable bonds is 0. The Morgan fingerprint density at radius 1 is 1.64 bits per heavy atom. The summed E-state index contributed by atoms with van der Waals surface area (Å²) in [5.74, 6) is 0.675. The summed E-state index contributed by atoms with van der Waals surface area (Å²) in [5.41, 5.74) is 1.34. The Bertz CT molecular complexity index is 218. The molecule has 2 heteroatoms. The molecule has 0 aromatic heterocycles. The Balaban J connectivity index is 2.17. The molecule has 2 atom stereocenters. The van der Waals surface area contributed by atoms with Gasteiger partial charge in [0.1, 0.15) is 0 Å². The molecule has 2 rings (SSSR count). The van der Waals surface area contributed by atoms with Crippen molar-refractivity contribution in [2.75, 3.05) is 6.61 Å². The summed E-state index contributed by atoms with van der Waals surface area (Å²) in [6.07, 6.45) is 4.18. The minimum Gasteiger partial charge on any atom is -0.465 e. The zero-order valence-electron chi connectivity index (χ0n) is 6.67. The van der Waals surface area contributed by atoms with E-state index in [0.717, 1.165) is 12.8 Å². The lowest BCUT2D eigenvalue weighted by molar-refractivity contribution is -0.141. The fourth-order valence-electron chi connectivity index (χ4n) is 1.87. The normalized spacial score (nSPS) is 36.1. The van der Waals surface area contributed by atoms with E-state index in [1.54, 1.807) is 0 Å². The first-order valence-corrected chi connectivity index (χ1v) is 4.09. The highest BCUT2D eigenvalue weighted by atomic mass is 16.5. The van der Waals surface area contributed by atoms with E-state index in [4.69, 9.17) is 4.74 Å². The lowest BCUT2D eigenvalue weighted by Gasteiger charge is -2.18. The number of cyclic esters (lactones) is 1. The van der Waals surface area contributed by atoms with Gasteiger partial charge in [-0.1, -0.05) is 11.6 Å². The van der Waals surface area contributed by atoms with Crippen LogP contribution in [0, 0.1) is 11.8 Å². The average Bonchev–Trinajstić information content (AvgIpc) is 2.33. The van der Waals surface area contributed by atoms with Crippen molar-refractivity contribution < 1.29 is 9.53 Å². The van der Waals surface area contributed by atoms with Crippen molar-refractivity contribution in [1.82, 2.24) is 0 Å². The van der Waals surface area contributed by atoms with E-state index >= 15 is 0 Å². The van der Waals surface area contributed by atoms with Crippen molar-refractivity contribution in [2.45, 2.75) is 19.8 Å². The summed E-state index contributed by atoms with van der Waals surface area (Å²) < 4.78 is 4.98. The smallest absolute Gasteiger partial charge is 0.309 e. The van der Waals surface area contributed by atoms with Gasteiger partial charge < -0.3 is 4.74 Å². The van der Waals surface area contributed by atoms with Crippen LogP contribution in [0.4, 0.5) is 0 Å². The topological polar surface area (TPSA) is 26.3 Å². The molecule has 2 nitrogen and oxygen atoms in total. The standard InChI is InChI=1S/C9H12O2/c1-6-2-3-7-5-11-9(10)8(7)4-6/h2,7-8H,3-5H2,1H3/t7-,8-/m0/s1. The van der Waals surface area contributed by atoms with E-state index < -0.39 is 0 Å². The second-order valence-electron chi connectivity index (χ2n) is 3.49. The third-order valence-electron chi connectivity index (χ3n) is 2.62. The summed E-state index contributed by atoms with van der Waals surface area (Å²) >= 11 is 0. The predicted octanol–water partition coefficient (Wildman–Crippen LogP) is 1.52. The fraction of sp³-hybridized carbons (Fsp3) is 0.667. The van der Waals surface area contributed by atoms with Crippen LogP contribution in [0.1, 0.15) is 19.8 Å². The van der Waals surface area contributed by atoms with E-state index in [1.807, 2.05) is 0 Å². The molecule has 2 aliphatic rings. The van der Waals surface area contributed by atoms with E-state index in [0.29, 0.717) is 12.5 Å². The average molecular weight is 152 g/mol. The van der Waals surface area contributed by atoms with Gasteiger partial charge in [-0.15, -0.1) is 0 Å². The van der Waals surface area contributed by atoms with Crippen molar-refractivity contribution in [3.05, 3.63) is 11.6 Å². The number of hydrogen-bond donors (Lipinski definition) is 0. The van der Waals surface area contributed by atoms with Crippen molar-refractivity contribution in [1.29, 1.82) is 0 Å². The summed E-state index contributed by atoms with van der Waals surface area (Å²) in [5, 5.41) is 0. The van der Waals surface area contributed by atoms with Gasteiger partial charge in [-0.3, -0.25) is 4.79 Å². The van der Waals surface area contributed by atoms with Crippen molar-refractivity contribution in [3.8, 4) is 0 Å². The number of carbonyl (C=O) groups is 1. The van der Waals surface area contributed by atoms with E-state index in [1.165, 1.54) is 5.57 Å². The minimum atomic E-state index is 0.0162.